The van der Waals surface area contributed by atoms with Crippen LogP contribution in [0.25, 0.3) is 21.9 Å². The van der Waals surface area contributed by atoms with Crippen LogP contribution in [0.15, 0.2) is 47.4 Å². The second kappa shape index (κ2) is 8.24. The van der Waals surface area contributed by atoms with E-state index in [9.17, 15) is 4.79 Å². The minimum atomic E-state index is -0.145. The molecular weight excluding hydrogens is 420 g/mol. The molecule has 0 bridgehead atoms. The highest BCUT2D eigenvalue weighted by Gasteiger charge is 2.34. The summed E-state index contributed by atoms with van der Waals surface area (Å²) in [6.07, 6.45) is 3.44. The number of rotatable bonds is 5. The van der Waals surface area contributed by atoms with Crippen LogP contribution in [0.3, 0.4) is 0 Å². The average Bonchev–Trinajstić information content (AvgIpc) is 3.26. The van der Waals surface area contributed by atoms with Crippen molar-refractivity contribution in [2.75, 3.05) is 26.3 Å². The van der Waals surface area contributed by atoms with Gasteiger partial charge >= 0.3 is 0 Å². The minimum absolute atomic E-state index is 0.0375. The van der Waals surface area contributed by atoms with Gasteiger partial charge in [-0.1, -0.05) is 18.2 Å². The molecule has 1 aromatic carbocycles. The number of para-hydroxylation sites is 1. The molecule has 1 unspecified atom stereocenters. The van der Waals surface area contributed by atoms with Crippen molar-refractivity contribution >= 4 is 21.9 Å². The van der Waals surface area contributed by atoms with Gasteiger partial charge in [0.15, 0.2) is 5.65 Å². The van der Waals surface area contributed by atoms with Crippen molar-refractivity contribution in [3.8, 4) is 5.88 Å². The summed E-state index contributed by atoms with van der Waals surface area (Å²) in [7, 11) is 0. The standard InChI is InChI=1S/C24H26N6O3/c1-15(29-13-18(14-29)33-21-7-6-16-4-2-3-5-20(16)26-21)22-27-23-19(24(31)28-22)12-25-30(23)17-8-10-32-11-9-17/h2-7,12,15,17-18H,8-11,13-14H2,1H3,(H,27,28,31). The van der Waals surface area contributed by atoms with Gasteiger partial charge in [0.2, 0.25) is 5.88 Å². The summed E-state index contributed by atoms with van der Waals surface area (Å²) in [5.74, 6) is 1.29. The normalized spacial score (nSPS) is 19.1. The van der Waals surface area contributed by atoms with Crippen LogP contribution >= 0.6 is 0 Å². The lowest BCUT2D eigenvalue weighted by Gasteiger charge is -2.41. The second-order valence-electron chi connectivity index (χ2n) is 8.83. The van der Waals surface area contributed by atoms with E-state index in [-0.39, 0.29) is 23.7 Å². The van der Waals surface area contributed by atoms with E-state index in [1.807, 2.05) is 41.1 Å². The Morgan fingerprint density at radius 1 is 1.12 bits per heavy atom. The molecule has 170 valence electrons. The Balaban J connectivity index is 1.17. The zero-order chi connectivity index (χ0) is 22.4. The molecule has 3 aromatic heterocycles. The minimum Gasteiger partial charge on any atom is -0.472 e. The van der Waals surface area contributed by atoms with Crippen molar-refractivity contribution in [2.45, 2.75) is 38.0 Å². The van der Waals surface area contributed by atoms with Crippen LogP contribution in [0, 0.1) is 0 Å². The van der Waals surface area contributed by atoms with Crippen LogP contribution in [-0.4, -0.2) is 62.0 Å². The lowest BCUT2D eigenvalue weighted by Crippen LogP contribution is -2.54. The predicted molar refractivity (Wildman–Crippen MR) is 123 cm³/mol. The van der Waals surface area contributed by atoms with Crippen molar-refractivity contribution in [1.82, 2.24) is 29.6 Å². The molecule has 2 saturated heterocycles. The third-order valence-electron chi connectivity index (χ3n) is 6.70. The van der Waals surface area contributed by atoms with E-state index in [2.05, 4.69) is 26.9 Å². The number of nitrogens with zero attached hydrogens (tertiary/aromatic N) is 5. The van der Waals surface area contributed by atoms with E-state index in [1.54, 1.807) is 6.20 Å². The summed E-state index contributed by atoms with van der Waals surface area (Å²) >= 11 is 0. The summed E-state index contributed by atoms with van der Waals surface area (Å²) in [6, 6.07) is 12.1. The molecular formula is C24H26N6O3. The number of H-pyrrole nitrogens is 1. The van der Waals surface area contributed by atoms with E-state index >= 15 is 0 Å². The van der Waals surface area contributed by atoms with Crippen LogP contribution in [0.4, 0.5) is 0 Å². The number of hydrogen-bond acceptors (Lipinski definition) is 7. The van der Waals surface area contributed by atoms with Gasteiger partial charge in [0.25, 0.3) is 5.56 Å². The first-order valence-electron chi connectivity index (χ1n) is 11.5. The third kappa shape index (κ3) is 3.77. The number of pyridine rings is 1. The van der Waals surface area contributed by atoms with Gasteiger partial charge in [0.05, 0.1) is 23.8 Å². The Morgan fingerprint density at radius 2 is 1.94 bits per heavy atom. The van der Waals surface area contributed by atoms with E-state index in [0.717, 1.165) is 36.8 Å². The predicted octanol–water partition coefficient (Wildman–Crippen LogP) is 2.84. The summed E-state index contributed by atoms with van der Waals surface area (Å²) in [6.45, 7) is 4.97. The summed E-state index contributed by atoms with van der Waals surface area (Å²) < 4.78 is 13.5. The molecule has 6 rings (SSSR count). The number of ether oxygens (including phenoxy) is 2. The fourth-order valence-corrected chi connectivity index (χ4v) is 4.66. The maximum absolute atomic E-state index is 12.7. The molecule has 0 amide bonds. The van der Waals surface area contributed by atoms with Crippen molar-refractivity contribution in [2.24, 2.45) is 0 Å². The summed E-state index contributed by atoms with van der Waals surface area (Å²) in [5.41, 5.74) is 1.44. The first-order valence-corrected chi connectivity index (χ1v) is 11.5. The second-order valence-corrected chi connectivity index (χ2v) is 8.83. The molecule has 9 nitrogen and oxygen atoms in total. The van der Waals surface area contributed by atoms with Crippen LogP contribution in [0.1, 0.15) is 37.7 Å². The molecule has 4 aromatic rings. The van der Waals surface area contributed by atoms with Gasteiger partial charge in [-0.15, -0.1) is 0 Å². The molecule has 2 aliphatic rings. The van der Waals surface area contributed by atoms with Crippen molar-refractivity contribution < 1.29 is 9.47 Å². The zero-order valence-electron chi connectivity index (χ0n) is 18.5. The molecule has 9 heteroatoms. The Hall–Kier alpha value is -3.30. The quantitative estimate of drug-likeness (QED) is 0.503. The molecule has 2 aliphatic heterocycles. The largest absolute Gasteiger partial charge is 0.472 e. The van der Waals surface area contributed by atoms with E-state index in [0.29, 0.717) is 36.0 Å². The van der Waals surface area contributed by atoms with Crippen molar-refractivity contribution in [3.05, 3.63) is 58.8 Å². The highest BCUT2D eigenvalue weighted by molar-refractivity contribution is 5.78. The van der Waals surface area contributed by atoms with Gasteiger partial charge < -0.3 is 14.5 Å². The number of nitrogens with one attached hydrogen (secondary N) is 1. The topological polar surface area (TPSA) is 98.2 Å². The summed E-state index contributed by atoms with van der Waals surface area (Å²) in [5, 5.41) is 6.11. The Kier molecular flexibility index (Phi) is 5.07. The van der Waals surface area contributed by atoms with Gasteiger partial charge in [0.1, 0.15) is 17.3 Å². The molecule has 0 spiro atoms. The van der Waals surface area contributed by atoms with Crippen molar-refractivity contribution in [3.63, 3.8) is 0 Å². The van der Waals surface area contributed by atoms with Crippen LogP contribution in [0.2, 0.25) is 0 Å². The molecule has 1 atom stereocenters. The SMILES string of the molecule is CC(c1nc2c(cnn2C2CCOCC2)c(=O)[nH]1)N1CC(Oc2ccc3ccccc3n2)C1. The number of fused-ring (bicyclic) bond motifs is 2. The lowest BCUT2D eigenvalue weighted by atomic mass is 10.1. The first kappa shape index (κ1) is 20.3. The third-order valence-corrected chi connectivity index (χ3v) is 6.70. The maximum Gasteiger partial charge on any atom is 0.262 e. The molecule has 1 N–H and O–H groups in total. The van der Waals surface area contributed by atoms with Gasteiger partial charge in [-0.05, 0) is 31.9 Å². The smallest absolute Gasteiger partial charge is 0.262 e. The van der Waals surface area contributed by atoms with Gasteiger partial charge in [-0.3, -0.25) is 9.69 Å². The van der Waals surface area contributed by atoms with E-state index < -0.39 is 0 Å². The number of aromatic amines is 1. The van der Waals surface area contributed by atoms with Gasteiger partial charge in [0, 0.05) is 37.8 Å². The highest BCUT2D eigenvalue weighted by atomic mass is 16.5. The van der Waals surface area contributed by atoms with E-state index in [4.69, 9.17) is 14.5 Å². The first-order chi connectivity index (χ1) is 16.2. The fraction of sp³-hybridized carbons (Fsp3) is 0.417. The molecule has 5 heterocycles. The molecule has 0 saturated carbocycles. The van der Waals surface area contributed by atoms with Crippen LogP contribution < -0.4 is 10.3 Å². The molecule has 2 fully saturated rings. The Morgan fingerprint density at radius 3 is 2.79 bits per heavy atom. The fourth-order valence-electron chi connectivity index (χ4n) is 4.66. The number of likely N-dealkylation sites (tertiary alicyclic amines) is 1. The molecule has 0 aliphatic carbocycles. The Bertz CT molecular complexity index is 1350. The Labute approximate surface area is 190 Å². The number of hydrogen-bond donors (Lipinski definition) is 1. The molecule has 0 radical (unpaired) electrons. The monoisotopic (exact) mass is 446 g/mol. The van der Waals surface area contributed by atoms with E-state index in [1.165, 1.54) is 0 Å². The number of benzene rings is 1. The van der Waals surface area contributed by atoms with Gasteiger partial charge in [-0.2, -0.15) is 5.10 Å². The molecule has 33 heavy (non-hydrogen) atoms. The zero-order valence-corrected chi connectivity index (χ0v) is 18.5. The number of aromatic nitrogens is 5. The van der Waals surface area contributed by atoms with Crippen LogP contribution in [0.5, 0.6) is 5.88 Å². The maximum atomic E-state index is 12.7. The van der Waals surface area contributed by atoms with Crippen molar-refractivity contribution in [1.29, 1.82) is 0 Å². The average molecular weight is 447 g/mol. The van der Waals surface area contributed by atoms with Crippen LogP contribution in [-0.2, 0) is 4.74 Å². The van der Waals surface area contributed by atoms with Gasteiger partial charge in [-0.25, -0.2) is 14.6 Å². The summed E-state index contributed by atoms with van der Waals surface area (Å²) in [4.78, 5) is 27.3. The lowest BCUT2D eigenvalue weighted by molar-refractivity contribution is -0.00947. The highest BCUT2D eigenvalue weighted by Crippen LogP contribution is 2.28.